The molecule has 1 aliphatic rings. The van der Waals surface area contributed by atoms with E-state index < -0.39 is 0 Å². The standard InChI is InChI=1S/C9H16INO3/c1-13-9(12)8(10)5-11-4-7-2-3-14-6-7/h7-8,11H,2-6H2,1H3. The highest BCUT2D eigenvalue weighted by Gasteiger charge is 2.17. The number of nitrogens with one attached hydrogen (secondary N) is 1. The van der Waals surface area contributed by atoms with Gasteiger partial charge in [0.2, 0.25) is 0 Å². The second-order valence-electron chi connectivity index (χ2n) is 3.38. The molecule has 0 saturated carbocycles. The molecule has 1 rings (SSSR count). The van der Waals surface area contributed by atoms with Crippen LogP contribution in [-0.4, -0.2) is 43.3 Å². The van der Waals surface area contributed by atoms with Crippen LogP contribution in [-0.2, 0) is 14.3 Å². The molecule has 2 unspecified atom stereocenters. The number of methoxy groups -OCH3 is 1. The molecule has 0 aromatic rings. The summed E-state index contributed by atoms with van der Waals surface area (Å²) in [4.78, 5) is 11.0. The fourth-order valence-electron chi connectivity index (χ4n) is 1.37. The highest BCUT2D eigenvalue weighted by Crippen LogP contribution is 2.10. The first kappa shape index (κ1) is 12.2. The lowest BCUT2D eigenvalue weighted by atomic mass is 10.1. The van der Waals surface area contributed by atoms with E-state index >= 15 is 0 Å². The average molecular weight is 313 g/mol. The monoisotopic (exact) mass is 313 g/mol. The van der Waals surface area contributed by atoms with E-state index in [1.165, 1.54) is 7.11 Å². The maximum Gasteiger partial charge on any atom is 0.319 e. The Morgan fingerprint density at radius 2 is 2.57 bits per heavy atom. The van der Waals surface area contributed by atoms with E-state index in [0.717, 1.165) is 26.2 Å². The van der Waals surface area contributed by atoms with Gasteiger partial charge in [-0.25, -0.2) is 0 Å². The third kappa shape index (κ3) is 4.10. The molecule has 14 heavy (non-hydrogen) atoms. The van der Waals surface area contributed by atoms with Crippen LogP contribution in [0.4, 0.5) is 0 Å². The molecular formula is C9H16INO3. The Bertz CT molecular complexity index is 183. The van der Waals surface area contributed by atoms with Gasteiger partial charge in [0.15, 0.2) is 0 Å². The van der Waals surface area contributed by atoms with Gasteiger partial charge in [0, 0.05) is 19.7 Å². The van der Waals surface area contributed by atoms with Crippen LogP contribution in [0.3, 0.4) is 0 Å². The van der Waals surface area contributed by atoms with Crippen LogP contribution < -0.4 is 5.32 Å². The van der Waals surface area contributed by atoms with Crippen molar-refractivity contribution in [3.8, 4) is 0 Å². The maximum atomic E-state index is 11.0. The summed E-state index contributed by atoms with van der Waals surface area (Å²) >= 11 is 2.09. The molecule has 0 spiro atoms. The Kier molecular flexibility index (Phi) is 5.73. The smallest absolute Gasteiger partial charge is 0.319 e. The SMILES string of the molecule is COC(=O)C(I)CNCC1CCOC1. The van der Waals surface area contributed by atoms with Gasteiger partial charge >= 0.3 is 5.97 Å². The highest BCUT2D eigenvalue weighted by atomic mass is 127. The molecule has 2 atom stereocenters. The van der Waals surface area contributed by atoms with Gasteiger partial charge < -0.3 is 14.8 Å². The topological polar surface area (TPSA) is 47.6 Å². The summed E-state index contributed by atoms with van der Waals surface area (Å²) in [5.74, 6) is 0.442. The number of esters is 1. The van der Waals surface area contributed by atoms with Gasteiger partial charge in [0.05, 0.1) is 13.7 Å². The van der Waals surface area contributed by atoms with Gasteiger partial charge in [0.25, 0.3) is 0 Å². The van der Waals surface area contributed by atoms with Gasteiger partial charge in [-0.3, -0.25) is 4.79 Å². The molecule has 1 saturated heterocycles. The summed E-state index contributed by atoms with van der Waals surface area (Å²) in [7, 11) is 1.42. The quantitative estimate of drug-likeness (QED) is 0.458. The zero-order valence-electron chi connectivity index (χ0n) is 8.29. The molecule has 0 amide bonds. The molecular weight excluding hydrogens is 297 g/mol. The first-order valence-corrected chi connectivity index (χ1v) is 5.99. The Balaban J connectivity index is 2.05. The van der Waals surface area contributed by atoms with Crippen LogP contribution in [0.2, 0.25) is 0 Å². The zero-order valence-corrected chi connectivity index (χ0v) is 10.5. The predicted octanol–water partition coefficient (Wildman–Crippen LogP) is 0.589. The van der Waals surface area contributed by atoms with E-state index in [-0.39, 0.29) is 9.89 Å². The Labute approximate surface area is 97.9 Å². The van der Waals surface area contributed by atoms with Crippen molar-refractivity contribution in [2.75, 3.05) is 33.4 Å². The van der Waals surface area contributed by atoms with E-state index in [0.29, 0.717) is 12.5 Å². The highest BCUT2D eigenvalue weighted by molar-refractivity contribution is 14.1. The number of alkyl halides is 1. The molecule has 4 nitrogen and oxygen atoms in total. The summed E-state index contributed by atoms with van der Waals surface area (Å²) < 4.78 is 9.78. The van der Waals surface area contributed by atoms with Crippen LogP contribution in [0.5, 0.6) is 0 Å². The van der Waals surface area contributed by atoms with Gasteiger partial charge in [0.1, 0.15) is 3.92 Å². The number of halogens is 1. The van der Waals surface area contributed by atoms with Gasteiger partial charge in [-0.2, -0.15) is 0 Å². The fourth-order valence-corrected chi connectivity index (χ4v) is 1.94. The predicted molar refractivity (Wildman–Crippen MR) is 61.6 cm³/mol. The lowest BCUT2D eigenvalue weighted by Gasteiger charge is -2.11. The molecule has 0 aliphatic carbocycles. The normalized spacial score (nSPS) is 23.4. The lowest BCUT2D eigenvalue weighted by molar-refractivity contribution is -0.139. The van der Waals surface area contributed by atoms with Gasteiger partial charge in [-0.1, -0.05) is 22.6 Å². The number of hydrogen-bond acceptors (Lipinski definition) is 4. The number of ether oxygens (including phenoxy) is 2. The number of carbonyl (C=O) groups excluding carboxylic acids is 1. The zero-order chi connectivity index (χ0) is 10.4. The third-order valence-corrected chi connectivity index (χ3v) is 3.19. The van der Waals surface area contributed by atoms with Crippen molar-refractivity contribution in [3.63, 3.8) is 0 Å². The summed E-state index contributed by atoms with van der Waals surface area (Å²) in [6, 6.07) is 0. The Morgan fingerprint density at radius 1 is 1.79 bits per heavy atom. The van der Waals surface area contributed by atoms with E-state index in [1.807, 2.05) is 0 Å². The minimum atomic E-state index is -0.166. The van der Waals surface area contributed by atoms with E-state index in [4.69, 9.17) is 4.74 Å². The molecule has 82 valence electrons. The summed E-state index contributed by atoms with van der Waals surface area (Å²) in [6.07, 6.45) is 1.12. The molecule has 5 heteroatoms. The second-order valence-corrected chi connectivity index (χ2v) is 4.88. The third-order valence-electron chi connectivity index (χ3n) is 2.24. The van der Waals surface area contributed by atoms with Gasteiger partial charge in [-0.15, -0.1) is 0 Å². The Morgan fingerprint density at radius 3 is 3.14 bits per heavy atom. The average Bonchev–Trinajstić information content (AvgIpc) is 2.69. The van der Waals surface area contributed by atoms with Crippen LogP contribution >= 0.6 is 22.6 Å². The van der Waals surface area contributed by atoms with E-state index in [9.17, 15) is 4.79 Å². The number of carbonyl (C=O) groups is 1. The largest absolute Gasteiger partial charge is 0.468 e. The molecule has 1 heterocycles. The maximum absolute atomic E-state index is 11.0. The summed E-state index contributed by atoms with van der Waals surface area (Å²) in [5.41, 5.74) is 0. The number of hydrogen-bond donors (Lipinski definition) is 1. The summed E-state index contributed by atoms with van der Waals surface area (Å²) in [6.45, 7) is 3.31. The van der Waals surface area contributed by atoms with Crippen molar-refractivity contribution in [1.29, 1.82) is 0 Å². The minimum absolute atomic E-state index is 0.0973. The van der Waals surface area contributed by atoms with Crippen LogP contribution in [0.15, 0.2) is 0 Å². The van der Waals surface area contributed by atoms with Crippen molar-refractivity contribution in [2.45, 2.75) is 10.3 Å². The molecule has 0 radical (unpaired) electrons. The van der Waals surface area contributed by atoms with Crippen molar-refractivity contribution >= 4 is 28.6 Å². The molecule has 1 aliphatic heterocycles. The van der Waals surface area contributed by atoms with Crippen LogP contribution in [0.25, 0.3) is 0 Å². The first-order valence-electron chi connectivity index (χ1n) is 4.74. The molecule has 0 aromatic heterocycles. The first-order chi connectivity index (χ1) is 6.74. The van der Waals surface area contributed by atoms with Crippen molar-refractivity contribution in [3.05, 3.63) is 0 Å². The molecule has 0 aromatic carbocycles. The van der Waals surface area contributed by atoms with Crippen molar-refractivity contribution in [2.24, 2.45) is 5.92 Å². The van der Waals surface area contributed by atoms with Crippen molar-refractivity contribution < 1.29 is 14.3 Å². The Hall–Kier alpha value is 0.120. The van der Waals surface area contributed by atoms with Crippen LogP contribution in [0, 0.1) is 5.92 Å². The fraction of sp³-hybridized carbons (Fsp3) is 0.889. The lowest BCUT2D eigenvalue weighted by Crippen LogP contribution is -2.32. The second kappa shape index (κ2) is 6.58. The minimum Gasteiger partial charge on any atom is -0.468 e. The number of rotatable bonds is 5. The van der Waals surface area contributed by atoms with Crippen molar-refractivity contribution in [1.82, 2.24) is 5.32 Å². The van der Waals surface area contributed by atoms with Crippen LogP contribution in [0.1, 0.15) is 6.42 Å². The molecule has 0 bridgehead atoms. The molecule has 1 N–H and O–H groups in total. The van der Waals surface area contributed by atoms with Gasteiger partial charge in [-0.05, 0) is 12.3 Å². The molecule has 1 fully saturated rings. The summed E-state index contributed by atoms with van der Waals surface area (Å²) in [5, 5.41) is 3.25. The van der Waals surface area contributed by atoms with E-state index in [2.05, 4.69) is 32.6 Å². The van der Waals surface area contributed by atoms with E-state index in [1.54, 1.807) is 0 Å².